The van der Waals surface area contributed by atoms with Gasteiger partial charge in [0.1, 0.15) is 0 Å². The second-order valence-corrected chi connectivity index (χ2v) is 13.4. The molecule has 3 heteroatoms. The molecule has 10 rings (SSSR count). The standard InChI is InChI=1S/2C17H11.C13H10.2ClH.Zr/c2*1-2-6-15-12(4-1)8-10-14-11-9-13-5-3-7-16(13)17(14)15;1-3-7-12(8-4-1)11-13-9-5-2-6-10-13;;;/h2*1-4,6-10H,11H2;1-10H;2*1H;/q2*-1;;;;+2/p-2. The molecule has 0 heterocycles. The number of benzene rings is 6. The minimum absolute atomic E-state index is 0. The molecule has 0 bridgehead atoms. The Bertz CT molecular complexity index is 2220. The molecule has 0 unspecified atom stereocenters. The Morgan fingerprint density at radius 1 is 0.460 bits per heavy atom. The van der Waals surface area contributed by atoms with Crippen LogP contribution in [0.5, 0.6) is 0 Å². The first-order valence-electron chi connectivity index (χ1n) is 16.5. The number of hydrogen-bond donors (Lipinski definition) is 0. The van der Waals surface area contributed by atoms with Crippen LogP contribution in [0.15, 0.2) is 181 Å². The third-order valence-electron chi connectivity index (χ3n) is 9.30. The van der Waals surface area contributed by atoms with E-state index in [4.69, 9.17) is 0 Å². The molecular weight excluding hydrogens is 727 g/mol. The molecule has 0 nitrogen and oxygen atoms in total. The van der Waals surface area contributed by atoms with Gasteiger partial charge in [-0.05, 0) is 34.4 Å². The normalized spacial score (nSPS) is 14.0. The molecule has 0 saturated carbocycles. The van der Waals surface area contributed by atoms with Crippen molar-refractivity contribution in [1.82, 2.24) is 0 Å². The van der Waals surface area contributed by atoms with Gasteiger partial charge in [0.15, 0.2) is 0 Å². The molecule has 240 valence electrons. The van der Waals surface area contributed by atoms with Crippen LogP contribution in [-0.4, -0.2) is 3.21 Å². The number of fused-ring (bicyclic) bond motifs is 10. The second kappa shape index (κ2) is 16.1. The Kier molecular flexibility index (Phi) is 11.4. The third-order valence-corrected chi connectivity index (χ3v) is 10.7. The van der Waals surface area contributed by atoms with Crippen molar-refractivity contribution < 1.29 is 49.0 Å². The van der Waals surface area contributed by atoms with Crippen molar-refractivity contribution in [3.8, 4) is 0 Å². The first kappa shape index (κ1) is 35.4. The Hall–Kier alpha value is -4.39. The summed E-state index contributed by atoms with van der Waals surface area (Å²) >= 11 is 1.46. The van der Waals surface area contributed by atoms with Crippen molar-refractivity contribution >= 4 is 35.9 Å². The van der Waals surface area contributed by atoms with Crippen LogP contribution < -0.4 is 24.8 Å². The van der Waals surface area contributed by atoms with E-state index < -0.39 is 0 Å². The van der Waals surface area contributed by atoms with Gasteiger partial charge in [0.05, 0.1) is 0 Å². The Morgan fingerprint density at radius 3 is 1.30 bits per heavy atom. The summed E-state index contributed by atoms with van der Waals surface area (Å²) in [5.41, 5.74) is 13.5. The Labute approximate surface area is 322 Å². The minimum atomic E-state index is 0. The van der Waals surface area contributed by atoms with E-state index in [9.17, 15) is 0 Å². The summed E-state index contributed by atoms with van der Waals surface area (Å²) < 4.78 is 1.42. The van der Waals surface area contributed by atoms with Gasteiger partial charge < -0.3 is 24.8 Å². The van der Waals surface area contributed by atoms with Crippen molar-refractivity contribution in [2.24, 2.45) is 0 Å². The summed E-state index contributed by atoms with van der Waals surface area (Å²) in [6.07, 6.45) is 21.6. The summed E-state index contributed by atoms with van der Waals surface area (Å²) in [7, 11) is 0. The van der Waals surface area contributed by atoms with E-state index in [-0.39, 0.29) is 24.8 Å². The third kappa shape index (κ3) is 7.10. The number of rotatable bonds is 2. The Morgan fingerprint density at radius 2 is 0.860 bits per heavy atom. The van der Waals surface area contributed by atoms with Gasteiger partial charge in [-0.15, -0.1) is 23.3 Å². The average molecular weight is 759 g/mol. The van der Waals surface area contributed by atoms with Crippen LogP contribution in [0.3, 0.4) is 0 Å². The number of halogens is 2. The average Bonchev–Trinajstić information content (AvgIpc) is 3.86. The molecule has 6 aromatic carbocycles. The molecule has 0 radical (unpaired) electrons. The van der Waals surface area contributed by atoms with Crippen LogP contribution in [-0.2, 0) is 37.1 Å². The van der Waals surface area contributed by atoms with Crippen molar-refractivity contribution in [2.45, 2.75) is 12.8 Å². The van der Waals surface area contributed by atoms with E-state index in [0.717, 1.165) is 12.8 Å². The SMILES string of the molecule is [C-]1=CC=C2C1=CCc1ccc3ccccc3c12.[C-]1=CC=C2C1=CCc1ccc3ccccc3c12.[Cl-].[Cl-].[Zr+2]=[C](c1ccccc1)c1ccccc1. The van der Waals surface area contributed by atoms with Crippen LogP contribution in [0.4, 0.5) is 0 Å². The zero-order valence-corrected chi connectivity index (χ0v) is 31.3. The molecule has 4 aliphatic carbocycles. The van der Waals surface area contributed by atoms with E-state index in [1.807, 2.05) is 12.2 Å². The van der Waals surface area contributed by atoms with E-state index in [1.165, 1.54) is 105 Å². The van der Waals surface area contributed by atoms with E-state index in [0.29, 0.717) is 0 Å². The van der Waals surface area contributed by atoms with Crippen molar-refractivity contribution in [1.29, 1.82) is 0 Å². The van der Waals surface area contributed by atoms with Gasteiger partial charge in [-0.3, -0.25) is 0 Å². The first-order chi connectivity index (χ1) is 23.7. The maximum atomic E-state index is 3.31. The molecule has 4 aliphatic rings. The zero-order chi connectivity index (χ0) is 32.3. The van der Waals surface area contributed by atoms with Gasteiger partial charge in [-0.25, -0.2) is 0 Å². The van der Waals surface area contributed by atoms with E-state index in [1.54, 1.807) is 0 Å². The molecule has 0 aromatic heterocycles. The van der Waals surface area contributed by atoms with Crippen LogP contribution >= 0.6 is 0 Å². The number of hydrogen-bond acceptors (Lipinski definition) is 0. The predicted octanol–water partition coefficient (Wildman–Crippen LogP) is 4.97. The van der Waals surface area contributed by atoms with Crippen molar-refractivity contribution in [3.05, 3.63) is 227 Å². The van der Waals surface area contributed by atoms with Crippen LogP contribution in [0, 0.1) is 12.2 Å². The first-order valence-corrected chi connectivity index (χ1v) is 17.7. The molecule has 0 amide bonds. The molecular formula is C47H32Cl2Zr-2. The maximum absolute atomic E-state index is 3.31. The van der Waals surface area contributed by atoms with Crippen molar-refractivity contribution in [2.75, 3.05) is 0 Å². The van der Waals surface area contributed by atoms with Crippen LogP contribution in [0.2, 0.25) is 0 Å². The van der Waals surface area contributed by atoms with Gasteiger partial charge in [0.2, 0.25) is 0 Å². The second-order valence-electron chi connectivity index (χ2n) is 12.2. The Balaban J connectivity index is 0.000000128. The molecule has 0 fully saturated rings. The van der Waals surface area contributed by atoms with Gasteiger partial charge >= 0.3 is 99.2 Å². The van der Waals surface area contributed by atoms with E-state index >= 15 is 0 Å². The fourth-order valence-corrected chi connectivity index (χ4v) is 7.77. The van der Waals surface area contributed by atoms with Crippen LogP contribution in [0.1, 0.15) is 33.4 Å². The monoisotopic (exact) mass is 756 g/mol. The molecule has 0 aliphatic heterocycles. The molecule has 0 spiro atoms. The summed E-state index contributed by atoms with van der Waals surface area (Å²) in [5.74, 6) is 0. The summed E-state index contributed by atoms with van der Waals surface area (Å²) in [6.45, 7) is 0. The molecule has 0 atom stereocenters. The molecule has 50 heavy (non-hydrogen) atoms. The molecule has 0 N–H and O–H groups in total. The van der Waals surface area contributed by atoms with Gasteiger partial charge in [-0.2, -0.15) is 47.6 Å². The fourth-order valence-electron chi connectivity index (χ4n) is 6.95. The summed E-state index contributed by atoms with van der Waals surface area (Å²) in [6, 6.07) is 47.3. The fraction of sp³-hybridized carbons (Fsp3) is 0.0426. The summed E-state index contributed by atoms with van der Waals surface area (Å²) in [5, 5.41) is 5.36. The van der Waals surface area contributed by atoms with Gasteiger partial charge in [0.25, 0.3) is 0 Å². The number of allylic oxidation sites excluding steroid dienone is 12. The zero-order valence-electron chi connectivity index (χ0n) is 27.3. The quantitative estimate of drug-likeness (QED) is 0.219. The topological polar surface area (TPSA) is 0 Å². The molecule has 6 aromatic rings. The van der Waals surface area contributed by atoms with Gasteiger partial charge in [0, 0.05) is 0 Å². The van der Waals surface area contributed by atoms with Gasteiger partial charge in [-0.1, -0.05) is 95.1 Å². The predicted molar refractivity (Wildman–Crippen MR) is 199 cm³/mol. The van der Waals surface area contributed by atoms with Crippen LogP contribution in [0.25, 0.3) is 32.7 Å². The molecule has 0 saturated heterocycles. The van der Waals surface area contributed by atoms with Crippen molar-refractivity contribution in [3.63, 3.8) is 0 Å². The summed E-state index contributed by atoms with van der Waals surface area (Å²) in [4.78, 5) is 0. The van der Waals surface area contributed by atoms with E-state index in [2.05, 4.69) is 170 Å².